The van der Waals surface area contributed by atoms with Gasteiger partial charge >= 0.3 is 0 Å². The molecule has 0 unspecified atom stereocenters. The molecule has 53 heavy (non-hydrogen) atoms. The maximum atomic E-state index is 6.50. The van der Waals surface area contributed by atoms with Crippen molar-refractivity contribution in [3.63, 3.8) is 0 Å². The van der Waals surface area contributed by atoms with Gasteiger partial charge in [-0.05, 0) is 123 Å². The Morgan fingerprint density at radius 3 is 1.87 bits per heavy atom. The number of likely N-dealkylation sites (tertiary alicyclic amines) is 1. The van der Waals surface area contributed by atoms with Crippen molar-refractivity contribution in [2.75, 3.05) is 39.5 Å². The fraction of sp³-hybridized carbons (Fsp3) is 0.511. The summed E-state index contributed by atoms with van der Waals surface area (Å²) in [5.74, 6) is 0.949. The van der Waals surface area contributed by atoms with Gasteiger partial charge in [0, 0.05) is 60.6 Å². The summed E-state index contributed by atoms with van der Waals surface area (Å²) in [5.41, 5.74) is 6.18. The van der Waals surface area contributed by atoms with Crippen molar-refractivity contribution < 1.29 is 13.6 Å². The van der Waals surface area contributed by atoms with Crippen molar-refractivity contribution in [2.45, 2.75) is 110 Å². The van der Waals surface area contributed by atoms with E-state index in [9.17, 15) is 0 Å². The molecule has 288 valence electrons. The molecule has 0 amide bonds. The third-order valence-corrected chi connectivity index (χ3v) is 20.9. The number of nitrogens with zero attached hydrogens (tertiary/aromatic N) is 2. The first-order valence-electron chi connectivity index (χ1n) is 19.9. The number of hydrogen-bond acceptors (Lipinski definition) is 4. The summed E-state index contributed by atoms with van der Waals surface area (Å²) in [6, 6.07) is 30.1. The largest absolute Gasteiger partial charge is 0.494 e. The van der Waals surface area contributed by atoms with Crippen LogP contribution in [0.4, 0.5) is 0 Å². The van der Waals surface area contributed by atoms with Gasteiger partial charge < -0.3 is 28.0 Å². The molecule has 2 aromatic heterocycles. The summed E-state index contributed by atoms with van der Waals surface area (Å²) in [6.45, 7) is 29.0. The summed E-state index contributed by atoms with van der Waals surface area (Å²) in [7, 11) is -3.37. The number of hydrogen-bond donors (Lipinski definition) is 1. The minimum atomic E-state index is -1.76. The zero-order chi connectivity index (χ0) is 38.3. The van der Waals surface area contributed by atoms with Gasteiger partial charge in [0.2, 0.25) is 0 Å². The van der Waals surface area contributed by atoms with Crippen LogP contribution in [0.2, 0.25) is 36.3 Å². The van der Waals surface area contributed by atoms with Crippen molar-refractivity contribution in [2.24, 2.45) is 0 Å². The van der Waals surface area contributed by atoms with Crippen molar-refractivity contribution in [1.29, 1.82) is 0 Å². The lowest BCUT2D eigenvalue weighted by Gasteiger charge is -2.36. The number of nitrogens with one attached hydrogen (secondary N) is 1. The SMILES string of the molecule is CC(C)(C)[Si](C)(C)OCCc1cc2ccccc2[nH]1.CC(C)(C)[Si](C)(C)OCCc1cc2ccccc2n1-c1ccc(OCCCN2CCCC2)cc1. The fourth-order valence-corrected chi connectivity index (χ4v) is 8.50. The minimum Gasteiger partial charge on any atom is -0.494 e. The Bertz CT molecular complexity index is 1840. The monoisotopic (exact) mass is 753 g/mol. The molecule has 0 spiro atoms. The van der Waals surface area contributed by atoms with E-state index >= 15 is 0 Å². The van der Waals surface area contributed by atoms with E-state index in [2.05, 4.69) is 167 Å². The van der Waals surface area contributed by atoms with E-state index in [-0.39, 0.29) is 10.1 Å². The summed E-state index contributed by atoms with van der Waals surface area (Å²) < 4.78 is 21.1. The highest BCUT2D eigenvalue weighted by molar-refractivity contribution is 6.74. The molecule has 3 heterocycles. The van der Waals surface area contributed by atoms with Crippen molar-refractivity contribution in [3.05, 3.63) is 96.3 Å². The maximum Gasteiger partial charge on any atom is 0.191 e. The number of rotatable bonds is 14. The molecule has 6 rings (SSSR count). The van der Waals surface area contributed by atoms with Crippen LogP contribution in [0, 0.1) is 0 Å². The molecule has 1 fully saturated rings. The molecule has 0 saturated carbocycles. The van der Waals surface area contributed by atoms with Gasteiger partial charge in [0.15, 0.2) is 16.6 Å². The first-order chi connectivity index (χ1) is 25.0. The Kier molecular flexibility index (Phi) is 13.6. The van der Waals surface area contributed by atoms with Crippen LogP contribution in [0.25, 0.3) is 27.5 Å². The first-order valence-corrected chi connectivity index (χ1v) is 25.8. The molecule has 6 nitrogen and oxygen atoms in total. The number of aromatic amines is 1. The number of para-hydroxylation sites is 2. The van der Waals surface area contributed by atoms with E-state index in [1.54, 1.807) is 0 Å². The highest BCUT2D eigenvalue weighted by atomic mass is 28.4. The summed E-state index contributed by atoms with van der Waals surface area (Å²) in [6.07, 6.45) is 5.64. The van der Waals surface area contributed by atoms with Gasteiger partial charge in [-0.25, -0.2) is 0 Å². The number of ether oxygens (including phenoxy) is 1. The molecule has 8 heteroatoms. The highest BCUT2D eigenvalue weighted by Crippen LogP contribution is 2.37. The number of benzene rings is 3. The Morgan fingerprint density at radius 2 is 1.25 bits per heavy atom. The van der Waals surface area contributed by atoms with Crippen LogP contribution in [-0.2, 0) is 21.7 Å². The predicted octanol–water partition coefficient (Wildman–Crippen LogP) is 11.8. The zero-order valence-corrected chi connectivity index (χ0v) is 36.5. The predicted molar refractivity (Wildman–Crippen MR) is 231 cm³/mol. The van der Waals surface area contributed by atoms with Crippen LogP contribution >= 0.6 is 0 Å². The smallest absolute Gasteiger partial charge is 0.191 e. The lowest BCUT2D eigenvalue weighted by atomic mass is 10.2. The van der Waals surface area contributed by atoms with Crippen LogP contribution in [0.3, 0.4) is 0 Å². The van der Waals surface area contributed by atoms with E-state index < -0.39 is 16.6 Å². The van der Waals surface area contributed by atoms with Crippen LogP contribution in [0.15, 0.2) is 84.9 Å². The average molecular weight is 754 g/mol. The number of aromatic nitrogens is 2. The van der Waals surface area contributed by atoms with Crippen LogP contribution in [-0.4, -0.2) is 70.5 Å². The molecule has 0 bridgehead atoms. The van der Waals surface area contributed by atoms with E-state index in [1.807, 2.05) is 0 Å². The molecule has 0 radical (unpaired) electrons. The maximum absolute atomic E-state index is 6.50. The van der Waals surface area contributed by atoms with Gasteiger partial charge in [0.1, 0.15) is 5.75 Å². The minimum absolute atomic E-state index is 0.226. The van der Waals surface area contributed by atoms with Crippen LogP contribution in [0.5, 0.6) is 5.75 Å². The van der Waals surface area contributed by atoms with E-state index in [1.165, 1.54) is 64.8 Å². The van der Waals surface area contributed by atoms with Gasteiger partial charge in [-0.3, -0.25) is 0 Å². The van der Waals surface area contributed by atoms with Gasteiger partial charge in [0.25, 0.3) is 0 Å². The van der Waals surface area contributed by atoms with Crippen molar-refractivity contribution >= 4 is 38.4 Å². The lowest BCUT2D eigenvalue weighted by Crippen LogP contribution is -2.41. The second kappa shape index (κ2) is 17.5. The molecular formula is C45H67N3O3Si2. The van der Waals surface area contributed by atoms with Crippen LogP contribution in [0.1, 0.15) is 72.2 Å². The highest BCUT2D eigenvalue weighted by Gasteiger charge is 2.37. The Labute approximate surface area is 322 Å². The standard InChI is InChI=1S/C29H42N2O2Si.C16H25NOSi/c1-29(2,3)34(4,5)33-22-17-26-23-24-11-6-7-12-28(24)31(26)25-13-15-27(16-14-25)32-21-10-20-30-18-8-9-19-30;1-16(2,3)19(4,5)18-11-10-14-12-13-8-6-7-9-15(13)17-14/h6-7,11-16,23H,8-10,17-22H2,1-5H3;6-9,12,17H,10-11H2,1-5H3. The quantitative estimate of drug-likeness (QED) is 0.0906. The second-order valence-electron chi connectivity index (χ2n) is 17.9. The van der Waals surface area contributed by atoms with E-state index in [0.717, 1.165) is 51.4 Å². The Hall–Kier alpha value is -3.15. The van der Waals surface area contributed by atoms with Gasteiger partial charge in [-0.15, -0.1) is 0 Å². The summed E-state index contributed by atoms with van der Waals surface area (Å²) in [5, 5.41) is 3.06. The lowest BCUT2D eigenvalue weighted by molar-refractivity contribution is 0.263. The Morgan fingerprint density at radius 1 is 0.660 bits per heavy atom. The van der Waals surface area contributed by atoms with Crippen molar-refractivity contribution in [3.8, 4) is 11.4 Å². The summed E-state index contributed by atoms with van der Waals surface area (Å²) in [4.78, 5) is 6.00. The third kappa shape index (κ3) is 11.0. The van der Waals surface area contributed by atoms with Gasteiger partial charge in [-0.1, -0.05) is 77.9 Å². The first kappa shape index (κ1) is 41.0. The Balaban J connectivity index is 0.000000241. The molecule has 0 atom stereocenters. The third-order valence-electron chi connectivity index (χ3n) is 11.8. The van der Waals surface area contributed by atoms with Crippen LogP contribution < -0.4 is 4.74 Å². The molecule has 0 aliphatic carbocycles. The van der Waals surface area contributed by atoms with Gasteiger partial charge in [-0.2, -0.15) is 0 Å². The number of fused-ring (bicyclic) bond motifs is 2. The average Bonchev–Trinajstić information content (AvgIpc) is 3.85. The van der Waals surface area contributed by atoms with E-state index in [0.29, 0.717) is 0 Å². The fourth-order valence-electron chi connectivity index (χ4n) is 6.40. The van der Waals surface area contributed by atoms with Gasteiger partial charge in [0.05, 0.1) is 12.1 Å². The molecule has 1 saturated heterocycles. The second-order valence-corrected chi connectivity index (χ2v) is 27.5. The summed E-state index contributed by atoms with van der Waals surface area (Å²) >= 11 is 0. The topological polar surface area (TPSA) is 51.6 Å². The molecular weight excluding hydrogens is 687 g/mol. The van der Waals surface area contributed by atoms with Crippen molar-refractivity contribution in [1.82, 2.24) is 14.5 Å². The molecule has 1 N–H and O–H groups in total. The zero-order valence-electron chi connectivity index (χ0n) is 34.5. The van der Waals surface area contributed by atoms with E-state index in [4.69, 9.17) is 13.6 Å². The number of H-pyrrole nitrogens is 1. The molecule has 3 aromatic carbocycles. The molecule has 1 aliphatic rings. The normalized spacial score (nSPS) is 14.5. The molecule has 5 aromatic rings. The molecule has 1 aliphatic heterocycles.